The molecule has 0 radical (unpaired) electrons. The van der Waals surface area contributed by atoms with Crippen molar-refractivity contribution in [3.63, 3.8) is 0 Å². The van der Waals surface area contributed by atoms with Crippen molar-refractivity contribution in [2.75, 3.05) is 32.9 Å². The molecule has 1 fully saturated rings. The van der Waals surface area contributed by atoms with Gasteiger partial charge < -0.3 is 14.8 Å². The monoisotopic (exact) mass is 201 g/mol. The molecule has 1 saturated heterocycles. The average Bonchev–Trinajstić information content (AvgIpc) is 2.25. The number of rotatable bonds is 5. The van der Waals surface area contributed by atoms with Crippen LogP contribution in [0.15, 0.2) is 0 Å². The molecule has 1 rings (SSSR count). The lowest BCUT2D eigenvalue weighted by atomic mass is 10.0. The molecule has 0 spiro atoms. The van der Waals surface area contributed by atoms with Crippen LogP contribution in [-0.2, 0) is 14.3 Å². The summed E-state index contributed by atoms with van der Waals surface area (Å²) in [7, 11) is 0. The predicted octanol–water partition coefficient (Wildman–Crippen LogP) is 0.566. The van der Waals surface area contributed by atoms with Crippen LogP contribution in [0.4, 0.5) is 0 Å². The molecule has 4 nitrogen and oxygen atoms in total. The van der Waals surface area contributed by atoms with Crippen molar-refractivity contribution in [2.45, 2.75) is 19.8 Å². The summed E-state index contributed by atoms with van der Waals surface area (Å²) >= 11 is 0. The largest absolute Gasteiger partial charge is 0.464 e. The zero-order valence-corrected chi connectivity index (χ0v) is 8.75. The van der Waals surface area contributed by atoms with Crippen LogP contribution in [0.1, 0.15) is 19.8 Å². The summed E-state index contributed by atoms with van der Waals surface area (Å²) in [5.74, 6) is 0.340. The van der Waals surface area contributed by atoms with Gasteiger partial charge in [0.05, 0.1) is 13.2 Å². The molecule has 0 unspecified atom stereocenters. The number of hydrogen-bond donors (Lipinski definition) is 1. The highest BCUT2D eigenvalue weighted by Crippen LogP contribution is 2.14. The highest BCUT2D eigenvalue weighted by molar-refractivity contribution is 5.71. The minimum absolute atomic E-state index is 0.154. The summed E-state index contributed by atoms with van der Waals surface area (Å²) in [5, 5.41) is 2.94. The van der Waals surface area contributed by atoms with E-state index >= 15 is 0 Å². The van der Waals surface area contributed by atoms with Gasteiger partial charge in [-0.15, -0.1) is 0 Å². The Morgan fingerprint density at radius 2 is 2.21 bits per heavy atom. The Kier molecular flexibility index (Phi) is 5.56. The number of likely N-dealkylation sites (N-methyl/N-ethyl adjacent to an activating group) is 1. The van der Waals surface area contributed by atoms with Gasteiger partial charge in [-0.25, -0.2) is 0 Å². The van der Waals surface area contributed by atoms with E-state index in [1.807, 2.05) is 6.92 Å². The van der Waals surface area contributed by atoms with Gasteiger partial charge >= 0.3 is 5.97 Å². The van der Waals surface area contributed by atoms with Gasteiger partial charge in [-0.3, -0.25) is 4.79 Å². The van der Waals surface area contributed by atoms with Crippen LogP contribution in [0.2, 0.25) is 0 Å². The molecule has 1 heterocycles. The molecule has 0 amide bonds. The van der Waals surface area contributed by atoms with Crippen LogP contribution in [-0.4, -0.2) is 38.9 Å². The lowest BCUT2D eigenvalue weighted by Gasteiger charge is -2.21. The third-order valence-corrected chi connectivity index (χ3v) is 2.34. The highest BCUT2D eigenvalue weighted by Gasteiger charge is 2.15. The molecule has 0 aromatic carbocycles. The Bertz CT molecular complexity index is 167. The van der Waals surface area contributed by atoms with Gasteiger partial charge in [0.2, 0.25) is 0 Å². The van der Waals surface area contributed by atoms with Gasteiger partial charge in [-0.2, -0.15) is 0 Å². The van der Waals surface area contributed by atoms with E-state index in [-0.39, 0.29) is 5.97 Å². The quantitative estimate of drug-likeness (QED) is 0.660. The molecule has 1 aliphatic heterocycles. The second-order valence-corrected chi connectivity index (χ2v) is 3.52. The number of nitrogens with one attached hydrogen (secondary N) is 1. The van der Waals surface area contributed by atoms with Crippen molar-refractivity contribution in [1.29, 1.82) is 0 Å². The number of carbonyl (C=O) groups is 1. The van der Waals surface area contributed by atoms with E-state index < -0.39 is 0 Å². The summed E-state index contributed by atoms with van der Waals surface area (Å²) in [6.07, 6.45) is 2.02. The molecule has 1 aliphatic rings. The molecule has 0 aliphatic carbocycles. The van der Waals surface area contributed by atoms with Gasteiger partial charge in [0, 0.05) is 13.2 Å². The molecule has 0 saturated carbocycles. The third-order valence-electron chi connectivity index (χ3n) is 2.34. The lowest BCUT2D eigenvalue weighted by Crippen LogP contribution is -2.27. The maximum absolute atomic E-state index is 11.1. The molecule has 0 aromatic heterocycles. The summed E-state index contributed by atoms with van der Waals surface area (Å²) in [6, 6.07) is 0. The zero-order valence-electron chi connectivity index (χ0n) is 8.75. The first-order chi connectivity index (χ1) is 6.83. The van der Waals surface area contributed by atoms with Crippen molar-refractivity contribution >= 4 is 5.97 Å². The zero-order chi connectivity index (χ0) is 10.2. The van der Waals surface area contributed by atoms with Gasteiger partial charge in [-0.1, -0.05) is 6.92 Å². The third kappa shape index (κ3) is 4.58. The van der Waals surface area contributed by atoms with E-state index in [0.717, 1.165) is 32.6 Å². The fourth-order valence-electron chi connectivity index (χ4n) is 1.40. The molecule has 0 atom stereocenters. The van der Waals surface area contributed by atoms with Gasteiger partial charge in [0.15, 0.2) is 0 Å². The van der Waals surface area contributed by atoms with Gasteiger partial charge in [0.1, 0.15) is 0 Å². The Hall–Kier alpha value is -0.610. The van der Waals surface area contributed by atoms with Gasteiger partial charge in [-0.05, 0) is 25.3 Å². The number of carbonyl (C=O) groups excluding carboxylic acids is 1. The first-order valence-electron chi connectivity index (χ1n) is 5.27. The van der Waals surface area contributed by atoms with Crippen LogP contribution < -0.4 is 5.32 Å². The Balaban J connectivity index is 2.03. The predicted molar refractivity (Wildman–Crippen MR) is 53.0 cm³/mol. The van der Waals surface area contributed by atoms with Crippen molar-refractivity contribution in [2.24, 2.45) is 5.92 Å². The lowest BCUT2D eigenvalue weighted by molar-refractivity contribution is -0.144. The Morgan fingerprint density at radius 1 is 1.50 bits per heavy atom. The molecule has 14 heavy (non-hydrogen) atoms. The van der Waals surface area contributed by atoms with Gasteiger partial charge in [0.25, 0.3) is 0 Å². The fourth-order valence-corrected chi connectivity index (χ4v) is 1.40. The van der Waals surface area contributed by atoms with E-state index in [0.29, 0.717) is 19.1 Å². The van der Waals surface area contributed by atoms with Crippen LogP contribution in [0.5, 0.6) is 0 Å². The van der Waals surface area contributed by atoms with E-state index in [1.165, 1.54) is 0 Å². The summed E-state index contributed by atoms with van der Waals surface area (Å²) in [6.45, 7) is 5.23. The van der Waals surface area contributed by atoms with Crippen molar-refractivity contribution < 1.29 is 14.3 Å². The fraction of sp³-hybridized carbons (Fsp3) is 0.900. The Labute approximate surface area is 85.0 Å². The first kappa shape index (κ1) is 11.5. The second kappa shape index (κ2) is 6.79. The molecule has 0 aromatic rings. The van der Waals surface area contributed by atoms with E-state index in [4.69, 9.17) is 9.47 Å². The van der Waals surface area contributed by atoms with E-state index in [2.05, 4.69) is 5.32 Å². The smallest absolute Gasteiger partial charge is 0.319 e. The van der Waals surface area contributed by atoms with Crippen LogP contribution in [0.25, 0.3) is 0 Å². The molecule has 1 N–H and O–H groups in total. The van der Waals surface area contributed by atoms with E-state index in [1.54, 1.807) is 0 Å². The molecular weight excluding hydrogens is 182 g/mol. The first-order valence-corrected chi connectivity index (χ1v) is 5.27. The molecule has 4 heteroatoms. The summed E-state index contributed by atoms with van der Waals surface area (Å²) in [4.78, 5) is 11.1. The summed E-state index contributed by atoms with van der Waals surface area (Å²) in [5.41, 5.74) is 0. The highest BCUT2D eigenvalue weighted by atomic mass is 16.5. The summed E-state index contributed by atoms with van der Waals surface area (Å²) < 4.78 is 10.3. The van der Waals surface area contributed by atoms with E-state index in [9.17, 15) is 4.79 Å². The van der Waals surface area contributed by atoms with Crippen molar-refractivity contribution in [1.82, 2.24) is 5.32 Å². The molecule has 0 bridgehead atoms. The van der Waals surface area contributed by atoms with Crippen molar-refractivity contribution in [3.05, 3.63) is 0 Å². The second-order valence-electron chi connectivity index (χ2n) is 3.52. The van der Waals surface area contributed by atoms with Crippen LogP contribution in [0, 0.1) is 5.92 Å². The topological polar surface area (TPSA) is 47.6 Å². The number of esters is 1. The van der Waals surface area contributed by atoms with Crippen molar-refractivity contribution in [3.8, 4) is 0 Å². The van der Waals surface area contributed by atoms with Crippen LogP contribution in [0.3, 0.4) is 0 Å². The maximum atomic E-state index is 11.1. The minimum Gasteiger partial charge on any atom is -0.464 e. The Morgan fingerprint density at radius 3 is 2.86 bits per heavy atom. The SMILES string of the molecule is CCNCC(=O)OCC1CCOCC1. The molecular formula is C10H19NO3. The number of hydrogen-bond acceptors (Lipinski definition) is 4. The standard InChI is InChI=1S/C10H19NO3/c1-2-11-7-10(12)14-8-9-3-5-13-6-4-9/h9,11H,2-8H2,1H3. The minimum atomic E-state index is -0.154. The average molecular weight is 201 g/mol. The number of ether oxygens (including phenoxy) is 2. The van der Waals surface area contributed by atoms with Crippen LogP contribution >= 0.6 is 0 Å². The normalized spacial score (nSPS) is 18.1. The maximum Gasteiger partial charge on any atom is 0.319 e. The molecule has 82 valence electrons.